The zero-order valence-corrected chi connectivity index (χ0v) is 17.8. The predicted molar refractivity (Wildman–Crippen MR) is 106 cm³/mol. The van der Waals surface area contributed by atoms with Crippen LogP contribution in [-0.4, -0.2) is 75.5 Å². The molecular weight excluding hydrogens is 404 g/mol. The first-order valence-electron chi connectivity index (χ1n) is 9.09. The van der Waals surface area contributed by atoms with Gasteiger partial charge in [0.15, 0.2) is 0 Å². The second-order valence-corrected chi connectivity index (χ2v) is 9.18. The predicted octanol–water partition coefficient (Wildman–Crippen LogP) is 0.884. The molecule has 3 heterocycles. The van der Waals surface area contributed by atoms with E-state index in [0.29, 0.717) is 0 Å². The van der Waals surface area contributed by atoms with Gasteiger partial charge in [-0.2, -0.15) is 0 Å². The molecule has 28 heavy (non-hydrogen) atoms. The highest BCUT2D eigenvalue weighted by Crippen LogP contribution is 2.52. The highest BCUT2D eigenvalue weighted by Gasteiger charge is 2.60. The number of rotatable bonds is 6. The molecule has 0 aliphatic carbocycles. The van der Waals surface area contributed by atoms with E-state index in [9.17, 15) is 19.5 Å². The number of carbonyl (C=O) groups is 3. The second kappa shape index (κ2) is 8.00. The standard InChI is InChI=1S/C18H24N2O6S2/c1-8-14-13(9(2)21)17(23)20(14)15(18(24)26-7-25-10(3)22)16(8)28-11-5-12(27)19(4)6-11/h8-9,11,13-14,21H,5-7H2,1-4H3/t8-,9-,11-,13-,14-/m1/s1. The van der Waals surface area contributed by atoms with E-state index in [4.69, 9.17) is 17.0 Å². The average molecular weight is 429 g/mol. The van der Waals surface area contributed by atoms with Crippen LogP contribution in [0, 0.1) is 11.8 Å². The molecule has 3 rings (SSSR count). The van der Waals surface area contributed by atoms with Gasteiger partial charge in [0.05, 0.1) is 23.1 Å². The van der Waals surface area contributed by atoms with Crippen molar-refractivity contribution >= 4 is 46.8 Å². The molecule has 0 radical (unpaired) electrons. The molecule has 1 N–H and O–H groups in total. The zero-order chi connectivity index (χ0) is 20.7. The van der Waals surface area contributed by atoms with Crippen LogP contribution in [0.3, 0.4) is 0 Å². The molecule has 10 heteroatoms. The SMILES string of the molecule is CC(=O)OCOC(=O)C1=C(S[C@@H]2CC(=S)N(C)C2)[C@H](C)[C@@H]2[C@@H]([C@@H](C)O)C(=O)N12. The average Bonchev–Trinajstić information content (AvgIpc) is 3.02. The Morgan fingerprint density at radius 3 is 2.61 bits per heavy atom. The van der Waals surface area contributed by atoms with Crippen molar-refractivity contribution in [1.29, 1.82) is 0 Å². The number of esters is 2. The molecule has 0 aromatic heterocycles. The van der Waals surface area contributed by atoms with Gasteiger partial charge in [0, 0.05) is 43.0 Å². The van der Waals surface area contributed by atoms with Crippen LogP contribution >= 0.6 is 24.0 Å². The van der Waals surface area contributed by atoms with Crippen LogP contribution in [0.5, 0.6) is 0 Å². The summed E-state index contributed by atoms with van der Waals surface area (Å²) in [6.45, 7) is 5.00. The van der Waals surface area contributed by atoms with Crippen LogP contribution in [0.1, 0.15) is 27.2 Å². The van der Waals surface area contributed by atoms with Gasteiger partial charge in [-0.3, -0.25) is 9.59 Å². The van der Waals surface area contributed by atoms with Gasteiger partial charge in [0.2, 0.25) is 12.7 Å². The van der Waals surface area contributed by atoms with E-state index in [-0.39, 0.29) is 28.8 Å². The van der Waals surface area contributed by atoms with Gasteiger partial charge in [-0.25, -0.2) is 4.79 Å². The number of thiocarbonyl (C=S) groups is 1. The van der Waals surface area contributed by atoms with Crippen molar-refractivity contribution in [2.75, 3.05) is 20.4 Å². The molecule has 0 bridgehead atoms. The quantitative estimate of drug-likeness (QED) is 0.286. The fraction of sp³-hybridized carbons (Fsp3) is 0.667. The van der Waals surface area contributed by atoms with Crippen molar-refractivity contribution in [1.82, 2.24) is 9.80 Å². The van der Waals surface area contributed by atoms with Crippen molar-refractivity contribution in [2.24, 2.45) is 11.8 Å². The first-order valence-corrected chi connectivity index (χ1v) is 10.4. The van der Waals surface area contributed by atoms with Crippen LogP contribution in [-0.2, 0) is 23.9 Å². The van der Waals surface area contributed by atoms with Crippen LogP contribution in [0.2, 0.25) is 0 Å². The molecule has 0 aromatic carbocycles. The summed E-state index contributed by atoms with van der Waals surface area (Å²) in [4.78, 5) is 41.3. The minimum atomic E-state index is -0.802. The van der Waals surface area contributed by atoms with E-state index in [1.807, 2.05) is 18.9 Å². The van der Waals surface area contributed by atoms with Crippen molar-refractivity contribution in [2.45, 2.75) is 44.6 Å². The Hall–Kier alpha value is -1.65. The minimum Gasteiger partial charge on any atom is -0.428 e. The lowest BCUT2D eigenvalue weighted by Crippen LogP contribution is -2.63. The number of amides is 1. The molecule has 3 aliphatic heterocycles. The molecule has 1 amide bonds. The Labute approximate surface area is 173 Å². The number of fused-ring (bicyclic) bond motifs is 1. The number of aliphatic hydroxyl groups excluding tert-OH is 1. The minimum absolute atomic E-state index is 0.113. The number of likely N-dealkylation sites (tertiary alicyclic amines) is 1. The summed E-state index contributed by atoms with van der Waals surface area (Å²) < 4.78 is 9.76. The Balaban J connectivity index is 1.85. The third kappa shape index (κ3) is 3.65. The molecule has 5 atom stereocenters. The summed E-state index contributed by atoms with van der Waals surface area (Å²) in [6, 6.07) is -0.280. The summed E-state index contributed by atoms with van der Waals surface area (Å²) in [6.07, 6.45) is -0.0786. The largest absolute Gasteiger partial charge is 0.428 e. The highest BCUT2D eigenvalue weighted by molar-refractivity contribution is 8.03. The van der Waals surface area contributed by atoms with Crippen molar-refractivity contribution in [3.8, 4) is 0 Å². The first kappa shape index (κ1) is 21.1. The lowest BCUT2D eigenvalue weighted by molar-refractivity contribution is -0.171. The molecule has 8 nitrogen and oxygen atoms in total. The molecule has 0 aromatic rings. The Morgan fingerprint density at radius 1 is 1.39 bits per heavy atom. The van der Waals surface area contributed by atoms with E-state index >= 15 is 0 Å². The zero-order valence-electron chi connectivity index (χ0n) is 16.2. The third-order valence-electron chi connectivity index (χ3n) is 5.35. The number of aliphatic hydroxyl groups is 1. The molecule has 2 fully saturated rings. The number of hydrogen-bond donors (Lipinski definition) is 1. The van der Waals surface area contributed by atoms with E-state index in [0.717, 1.165) is 22.9 Å². The molecule has 154 valence electrons. The number of hydrogen-bond acceptors (Lipinski definition) is 8. The number of β-lactam (4-membered cyclic amide) rings is 1. The van der Waals surface area contributed by atoms with E-state index < -0.39 is 30.8 Å². The van der Waals surface area contributed by atoms with Gasteiger partial charge in [0.25, 0.3) is 0 Å². The number of ether oxygens (including phenoxy) is 2. The lowest BCUT2D eigenvalue weighted by Gasteiger charge is -2.46. The monoisotopic (exact) mass is 428 g/mol. The molecule has 3 aliphatic rings. The van der Waals surface area contributed by atoms with Gasteiger partial charge in [-0.1, -0.05) is 19.1 Å². The topological polar surface area (TPSA) is 96.4 Å². The van der Waals surface area contributed by atoms with Gasteiger partial charge < -0.3 is 24.4 Å². The lowest BCUT2D eigenvalue weighted by atomic mass is 9.79. The van der Waals surface area contributed by atoms with Crippen LogP contribution in [0.25, 0.3) is 0 Å². The van der Waals surface area contributed by atoms with E-state index in [2.05, 4.69) is 4.74 Å². The Morgan fingerprint density at radius 2 is 2.07 bits per heavy atom. The summed E-state index contributed by atoms with van der Waals surface area (Å²) >= 11 is 6.88. The Bertz CT molecular complexity index is 752. The second-order valence-electron chi connectivity index (χ2n) is 7.37. The Kier molecular flexibility index (Phi) is 6.02. The van der Waals surface area contributed by atoms with Gasteiger partial charge in [0.1, 0.15) is 5.70 Å². The van der Waals surface area contributed by atoms with Gasteiger partial charge >= 0.3 is 11.9 Å². The maximum atomic E-state index is 12.7. The summed E-state index contributed by atoms with van der Waals surface area (Å²) in [7, 11) is 1.93. The maximum absolute atomic E-state index is 12.7. The number of thioether (sulfide) groups is 1. The molecule has 2 saturated heterocycles. The smallest absolute Gasteiger partial charge is 0.358 e. The van der Waals surface area contributed by atoms with Gasteiger partial charge in [-0.05, 0) is 6.92 Å². The van der Waals surface area contributed by atoms with Crippen LogP contribution in [0.15, 0.2) is 10.6 Å². The molecule has 0 saturated carbocycles. The van der Waals surface area contributed by atoms with Crippen molar-refractivity contribution in [3.05, 3.63) is 10.6 Å². The first-order chi connectivity index (χ1) is 13.1. The maximum Gasteiger partial charge on any atom is 0.358 e. The number of carbonyl (C=O) groups excluding carboxylic acids is 3. The molecule has 0 spiro atoms. The summed E-state index contributed by atoms with van der Waals surface area (Å²) in [5, 5.41) is 10.2. The molecular formula is C18H24N2O6S2. The fourth-order valence-electron chi connectivity index (χ4n) is 3.98. The normalized spacial score (nSPS) is 30.3. The van der Waals surface area contributed by atoms with Gasteiger partial charge in [-0.15, -0.1) is 11.8 Å². The van der Waals surface area contributed by atoms with Crippen molar-refractivity contribution < 1.29 is 29.0 Å². The summed E-state index contributed by atoms with van der Waals surface area (Å²) in [5.74, 6) is -2.22. The fourth-order valence-corrected chi connectivity index (χ4v) is 5.91. The summed E-state index contributed by atoms with van der Waals surface area (Å²) in [5.41, 5.74) is 0.192. The van der Waals surface area contributed by atoms with E-state index in [1.54, 1.807) is 6.92 Å². The third-order valence-corrected chi connectivity index (χ3v) is 7.30. The molecule has 0 unspecified atom stereocenters. The van der Waals surface area contributed by atoms with E-state index in [1.165, 1.54) is 23.6 Å². The van der Waals surface area contributed by atoms with Crippen LogP contribution < -0.4 is 0 Å². The van der Waals surface area contributed by atoms with Crippen LogP contribution in [0.4, 0.5) is 0 Å². The highest BCUT2D eigenvalue weighted by atomic mass is 32.2. The van der Waals surface area contributed by atoms with Crippen molar-refractivity contribution in [3.63, 3.8) is 0 Å². The number of nitrogens with zero attached hydrogens (tertiary/aromatic N) is 2.